The maximum Gasteiger partial charge on any atom is 0.171 e. The van der Waals surface area contributed by atoms with Crippen LogP contribution in [0.1, 0.15) is 43.6 Å². The normalized spacial score (nSPS) is 12.9. The molecule has 0 saturated carbocycles. The van der Waals surface area contributed by atoms with Crippen LogP contribution in [0.3, 0.4) is 0 Å². The maximum atomic E-state index is 4.67. The molecule has 0 aliphatic carbocycles. The number of nitrogens with one attached hydrogen (secondary N) is 1. The van der Waals surface area contributed by atoms with Crippen molar-refractivity contribution in [3.05, 3.63) is 28.7 Å². The molecule has 21 heavy (non-hydrogen) atoms. The van der Waals surface area contributed by atoms with E-state index in [1.807, 2.05) is 11.7 Å². The Hall–Kier alpha value is -1.33. The molecule has 5 heteroatoms. The number of aryl methyl sites for hydroxylation is 2. The molecule has 2 aromatic rings. The van der Waals surface area contributed by atoms with E-state index in [1.54, 1.807) is 11.3 Å². The number of hydrogen-bond acceptors (Lipinski definition) is 5. The molecule has 1 unspecified atom stereocenters. The van der Waals surface area contributed by atoms with Gasteiger partial charge in [-0.05, 0) is 37.8 Å². The van der Waals surface area contributed by atoms with E-state index in [0.717, 1.165) is 35.2 Å². The first-order chi connectivity index (χ1) is 9.99. The lowest BCUT2D eigenvalue weighted by molar-refractivity contribution is 0.526. The van der Waals surface area contributed by atoms with Crippen molar-refractivity contribution in [3.63, 3.8) is 0 Å². The third kappa shape index (κ3) is 4.08. The fourth-order valence-corrected chi connectivity index (χ4v) is 3.12. The van der Waals surface area contributed by atoms with Crippen LogP contribution in [0, 0.1) is 19.8 Å². The zero-order valence-electron chi connectivity index (χ0n) is 13.5. The minimum atomic E-state index is 0.416. The van der Waals surface area contributed by atoms with Gasteiger partial charge in [0.2, 0.25) is 0 Å². The van der Waals surface area contributed by atoms with Crippen molar-refractivity contribution in [3.8, 4) is 10.7 Å². The molecule has 4 nitrogen and oxygen atoms in total. The zero-order valence-corrected chi connectivity index (χ0v) is 14.3. The van der Waals surface area contributed by atoms with E-state index < -0.39 is 0 Å². The number of rotatable bonds is 6. The van der Waals surface area contributed by atoms with Crippen molar-refractivity contribution in [2.75, 3.05) is 13.1 Å². The smallest absolute Gasteiger partial charge is 0.171 e. The minimum Gasteiger partial charge on any atom is -0.316 e. The third-order valence-corrected chi connectivity index (χ3v) is 4.24. The highest BCUT2D eigenvalue weighted by Gasteiger charge is 2.16. The molecule has 0 spiro atoms. The molecule has 0 aliphatic heterocycles. The molecule has 2 rings (SSSR count). The van der Waals surface area contributed by atoms with Gasteiger partial charge in [-0.15, -0.1) is 11.3 Å². The van der Waals surface area contributed by atoms with Crippen LogP contribution in [0.5, 0.6) is 0 Å². The third-order valence-electron chi connectivity index (χ3n) is 3.48. The lowest BCUT2D eigenvalue weighted by Crippen LogP contribution is -2.25. The molecule has 2 aromatic heterocycles. The predicted molar refractivity (Wildman–Crippen MR) is 88.7 cm³/mol. The quantitative estimate of drug-likeness (QED) is 0.886. The molecule has 114 valence electrons. The molecule has 0 aromatic carbocycles. The second kappa shape index (κ2) is 7.09. The van der Waals surface area contributed by atoms with E-state index in [0.29, 0.717) is 11.8 Å². The number of aromatic nitrogens is 3. The Labute approximate surface area is 131 Å². The maximum absolute atomic E-state index is 4.67. The summed E-state index contributed by atoms with van der Waals surface area (Å²) in [6, 6.07) is 0. The van der Waals surface area contributed by atoms with E-state index in [2.05, 4.69) is 54.9 Å². The summed E-state index contributed by atoms with van der Waals surface area (Å²) in [5, 5.41) is 3.52. The highest BCUT2D eigenvalue weighted by Crippen LogP contribution is 2.25. The molecule has 0 bridgehead atoms. The highest BCUT2D eigenvalue weighted by atomic mass is 32.1. The average molecular weight is 304 g/mol. The van der Waals surface area contributed by atoms with Crippen LogP contribution in [0.4, 0.5) is 0 Å². The van der Waals surface area contributed by atoms with Gasteiger partial charge in [0.05, 0.1) is 10.4 Å². The summed E-state index contributed by atoms with van der Waals surface area (Å²) >= 11 is 1.58. The van der Waals surface area contributed by atoms with E-state index in [9.17, 15) is 0 Å². The topological polar surface area (TPSA) is 50.7 Å². The molecule has 2 heterocycles. The minimum absolute atomic E-state index is 0.416. The van der Waals surface area contributed by atoms with Crippen molar-refractivity contribution in [2.45, 2.75) is 40.5 Å². The molecule has 0 fully saturated rings. The number of thiazole rings is 1. The van der Waals surface area contributed by atoms with Gasteiger partial charge in [0.15, 0.2) is 5.82 Å². The molecule has 0 radical (unpaired) electrons. The van der Waals surface area contributed by atoms with Crippen LogP contribution in [0.25, 0.3) is 10.7 Å². The summed E-state index contributed by atoms with van der Waals surface area (Å²) in [5.74, 6) is 1.88. The van der Waals surface area contributed by atoms with Gasteiger partial charge >= 0.3 is 0 Å². The fourth-order valence-electron chi connectivity index (χ4n) is 2.57. The summed E-state index contributed by atoms with van der Waals surface area (Å²) in [6.45, 7) is 12.8. The van der Waals surface area contributed by atoms with E-state index in [1.165, 1.54) is 5.56 Å². The largest absolute Gasteiger partial charge is 0.316 e. The van der Waals surface area contributed by atoms with Crippen LogP contribution in [-0.2, 0) is 0 Å². The van der Waals surface area contributed by atoms with Gasteiger partial charge in [-0.25, -0.2) is 9.97 Å². The molecule has 1 atom stereocenters. The van der Waals surface area contributed by atoms with Gasteiger partial charge in [0, 0.05) is 24.1 Å². The lowest BCUT2D eigenvalue weighted by Gasteiger charge is -2.18. The molecule has 0 saturated heterocycles. The Morgan fingerprint density at radius 2 is 1.76 bits per heavy atom. The zero-order chi connectivity index (χ0) is 15.4. The first-order valence-electron chi connectivity index (χ1n) is 7.43. The van der Waals surface area contributed by atoms with E-state index >= 15 is 0 Å². The predicted octanol–water partition coefficient (Wildman–Crippen LogP) is 3.57. The summed E-state index contributed by atoms with van der Waals surface area (Å²) < 4.78 is 0. The first kappa shape index (κ1) is 16.0. The highest BCUT2D eigenvalue weighted by molar-refractivity contribution is 7.13. The van der Waals surface area contributed by atoms with E-state index in [4.69, 9.17) is 0 Å². The van der Waals surface area contributed by atoms with Crippen molar-refractivity contribution < 1.29 is 0 Å². The Morgan fingerprint density at radius 3 is 2.29 bits per heavy atom. The molecular weight excluding hydrogens is 280 g/mol. The van der Waals surface area contributed by atoms with Crippen LogP contribution in [0.2, 0.25) is 0 Å². The van der Waals surface area contributed by atoms with Crippen LogP contribution < -0.4 is 5.32 Å². The lowest BCUT2D eigenvalue weighted by atomic mass is 9.97. The average Bonchev–Trinajstić information content (AvgIpc) is 2.91. The second-order valence-electron chi connectivity index (χ2n) is 5.95. The van der Waals surface area contributed by atoms with Gasteiger partial charge in [0.1, 0.15) is 0 Å². The van der Waals surface area contributed by atoms with Crippen LogP contribution in [0.15, 0.2) is 11.7 Å². The molecule has 1 N–H and O–H groups in total. The summed E-state index contributed by atoms with van der Waals surface area (Å²) in [4.78, 5) is 14.5. The first-order valence-corrected chi connectivity index (χ1v) is 8.31. The Morgan fingerprint density at radius 1 is 1.10 bits per heavy atom. The van der Waals surface area contributed by atoms with Gasteiger partial charge < -0.3 is 5.32 Å². The molecule has 0 aliphatic rings. The van der Waals surface area contributed by atoms with Crippen molar-refractivity contribution in [1.82, 2.24) is 20.3 Å². The van der Waals surface area contributed by atoms with Crippen molar-refractivity contribution in [2.24, 2.45) is 5.92 Å². The molecular formula is C16H24N4S. The summed E-state index contributed by atoms with van der Waals surface area (Å²) in [6.07, 6.45) is 1.83. The second-order valence-corrected chi connectivity index (χ2v) is 6.84. The Balaban J connectivity index is 2.17. The fraction of sp³-hybridized carbons (Fsp3) is 0.562. The van der Waals surface area contributed by atoms with Gasteiger partial charge in [0.25, 0.3) is 0 Å². The number of hydrogen-bond donors (Lipinski definition) is 1. The van der Waals surface area contributed by atoms with Crippen LogP contribution >= 0.6 is 11.3 Å². The van der Waals surface area contributed by atoms with E-state index in [-0.39, 0.29) is 0 Å². The standard InChI is InChI=1S/C16H24N4S/c1-10(2)6-17-7-11(3)15-12(4)19-16(20-13(15)5)14-8-18-9-21-14/h8-11,17H,6-7H2,1-5H3. The summed E-state index contributed by atoms with van der Waals surface area (Å²) in [5.41, 5.74) is 5.23. The Kier molecular flexibility index (Phi) is 5.42. The van der Waals surface area contributed by atoms with Gasteiger partial charge in [-0.3, -0.25) is 4.98 Å². The number of nitrogens with zero attached hydrogens (tertiary/aromatic N) is 3. The molecule has 0 amide bonds. The monoisotopic (exact) mass is 304 g/mol. The SMILES string of the molecule is Cc1nc(-c2cncs2)nc(C)c1C(C)CNCC(C)C. The summed E-state index contributed by atoms with van der Waals surface area (Å²) in [7, 11) is 0. The van der Waals surface area contributed by atoms with Crippen molar-refractivity contribution >= 4 is 11.3 Å². The van der Waals surface area contributed by atoms with Gasteiger partial charge in [-0.1, -0.05) is 20.8 Å². The van der Waals surface area contributed by atoms with Gasteiger partial charge in [-0.2, -0.15) is 0 Å². The van der Waals surface area contributed by atoms with Crippen molar-refractivity contribution in [1.29, 1.82) is 0 Å². The van der Waals surface area contributed by atoms with Crippen LogP contribution in [-0.4, -0.2) is 28.0 Å². The Bertz CT molecular complexity index is 555.